The minimum Gasteiger partial charge on any atom is -0.349 e. The van der Waals surface area contributed by atoms with Crippen molar-refractivity contribution < 1.29 is 14.0 Å². The van der Waals surface area contributed by atoms with Crippen molar-refractivity contribution in [2.75, 3.05) is 13.1 Å². The Morgan fingerprint density at radius 2 is 1.81 bits per heavy atom. The van der Waals surface area contributed by atoms with Crippen molar-refractivity contribution in [3.63, 3.8) is 0 Å². The number of carbonyl (C=O) groups is 2. The van der Waals surface area contributed by atoms with Gasteiger partial charge in [-0.05, 0) is 49.6 Å². The first-order valence-corrected chi connectivity index (χ1v) is 8.91. The molecule has 2 aromatic rings. The molecule has 0 spiro atoms. The summed E-state index contributed by atoms with van der Waals surface area (Å²) in [6.45, 7) is 3.21. The van der Waals surface area contributed by atoms with Crippen molar-refractivity contribution in [1.82, 2.24) is 10.2 Å². The van der Waals surface area contributed by atoms with E-state index >= 15 is 0 Å². The Kier molecular flexibility index (Phi) is 5.66. The number of hydrogen-bond acceptors (Lipinski definition) is 2. The van der Waals surface area contributed by atoms with Crippen LogP contribution in [0.2, 0.25) is 0 Å². The average molecular weight is 354 g/mol. The van der Waals surface area contributed by atoms with Crippen LogP contribution in [0.5, 0.6) is 0 Å². The number of nitrogens with zero attached hydrogens (tertiary/aromatic N) is 1. The smallest absolute Gasteiger partial charge is 0.251 e. The van der Waals surface area contributed by atoms with Gasteiger partial charge < -0.3 is 10.2 Å². The van der Waals surface area contributed by atoms with E-state index in [9.17, 15) is 14.0 Å². The lowest BCUT2D eigenvalue weighted by molar-refractivity contribution is -0.131. The third kappa shape index (κ3) is 4.69. The van der Waals surface area contributed by atoms with Gasteiger partial charge in [-0.25, -0.2) is 4.39 Å². The molecule has 2 amide bonds. The van der Waals surface area contributed by atoms with E-state index in [4.69, 9.17) is 0 Å². The van der Waals surface area contributed by atoms with Crippen molar-refractivity contribution in [3.8, 4) is 0 Å². The van der Waals surface area contributed by atoms with Crippen LogP contribution >= 0.6 is 0 Å². The topological polar surface area (TPSA) is 49.4 Å². The van der Waals surface area contributed by atoms with Crippen LogP contribution < -0.4 is 5.32 Å². The van der Waals surface area contributed by atoms with Gasteiger partial charge in [0.2, 0.25) is 5.91 Å². The summed E-state index contributed by atoms with van der Waals surface area (Å²) in [5, 5.41) is 3.06. The molecule has 1 saturated heterocycles. The molecule has 1 fully saturated rings. The van der Waals surface area contributed by atoms with E-state index in [1.54, 1.807) is 12.1 Å². The maximum absolute atomic E-state index is 12.9. The van der Waals surface area contributed by atoms with Gasteiger partial charge in [0.15, 0.2) is 0 Å². The van der Waals surface area contributed by atoms with E-state index in [2.05, 4.69) is 5.32 Å². The van der Waals surface area contributed by atoms with Crippen LogP contribution in [0, 0.1) is 12.7 Å². The van der Waals surface area contributed by atoms with Gasteiger partial charge in [-0.15, -0.1) is 0 Å². The molecule has 136 valence electrons. The second kappa shape index (κ2) is 8.13. The minimum absolute atomic E-state index is 0.0417. The molecule has 1 aliphatic heterocycles. The molecule has 1 heterocycles. The standard InChI is InChI=1S/C21H23FN2O2/c1-15-3-2-4-17(13-15)21(26)23-19-9-11-24(12-10-19)20(25)14-16-5-7-18(22)8-6-16/h2-8,13,19H,9-12,14H2,1H3,(H,23,26). The van der Waals surface area contributed by atoms with Gasteiger partial charge in [0, 0.05) is 24.7 Å². The zero-order chi connectivity index (χ0) is 18.5. The third-order valence-electron chi connectivity index (χ3n) is 4.73. The highest BCUT2D eigenvalue weighted by Crippen LogP contribution is 2.14. The van der Waals surface area contributed by atoms with Crippen LogP contribution in [0.15, 0.2) is 48.5 Å². The van der Waals surface area contributed by atoms with Crippen molar-refractivity contribution in [3.05, 3.63) is 71.0 Å². The van der Waals surface area contributed by atoms with Crippen LogP contribution in [0.25, 0.3) is 0 Å². The third-order valence-corrected chi connectivity index (χ3v) is 4.73. The van der Waals surface area contributed by atoms with Crippen molar-refractivity contribution in [2.45, 2.75) is 32.2 Å². The van der Waals surface area contributed by atoms with E-state index in [1.165, 1.54) is 12.1 Å². The number of rotatable bonds is 4. The van der Waals surface area contributed by atoms with Gasteiger partial charge in [-0.2, -0.15) is 0 Å². The minimum atomic E-state index is -0.300. The highest BCUT2D eigenvalue weighted by molar-refractivity contribution is 5.94. The van der Waals surface area contributed by atoms with Gasteiger partial charge in [0.05, 0.1) is 6.42 Å². The van der Waals surface area contributed by atoms with E-state index in [0.717, 1.165) is 24.0 Å². The molecule has 26 heavy (non-hydrogen) atoms. The lowest BCUT2D eigenvalue weighted by Gasteiger charge is -2.32. The molecule has 0 saturated carbocycles. The monoisotopic (exact) mass is 354 g/mol. The summed E-state index contributed by atoms with van der Waals surface area (Å²) in [7, 11) is 0. The normalized spacial score (nSPS) is 14.9. The van der Waals surface area contributed by atoms with E-state index in [0.29, 0.717) is 18.7 Å². The predicted molar refractivity (Wildman–Crippen MR) is 98.4 cm³/mol. The molecular weight excluding hydrogens is 331 g/mol. The van der Waals surface area contributed by atoms with Crippen molar-refractivity contribution >= 4 is 11.8 Å². The van der Waals surface area contributed by atoms with Crippen LogP contribution in [-0.4, -0.2) is 35.8 Å². The van der Waals surface area contributed by atoms with Gasteiger partial charge in [0.25, 0.3) is 5.91 Å². The lowest BCUT2D eigenvalue weighted by Crippen LogP contribution is -2.47. The van der Waals surface area contributed by atoms with E-state index < -0.39 is 0 Å². The average Bonchev–Trinajstić information content (AvgIpc) is 2.64. The Bertz CT molecular complexity index is 781. The molecule has 0 bridgehead atoms. The fourth-order valence-electron chi connectivity index (χ4n) is 3.22. The lowest BCUT2D eigenvalue weighted by atomic mass is 10.0. The number of carbonyl (C=O) groups excluding carboxylic acids is 2. The number of benzene rings is 2. The van der Waals surface area contributed by atoms with E-state index in [-0.39, 0.29) is 30.1 Å². The molecule has 4 nitrogen and oxygen atoms in total. The van der Waals surface area contributed by atoms with Gasteiger partial charge in [-0.3, -0.25) is 9.59 Å². The maximum atomic E-state index is 12.9. The quantitative estimate of drug-likeness (QED) is 0.917. The summed E-state index contributed by atoms with van der Waals surface area (Å²) in [6, 6.07) is 13.6. The number of amides is 2. The Hall–Kier alpha value is -2.69. The van der Waals surface area contributed by atoms with Gasteiger partial charge >= 0.3 is 0 Å². The first kappa shape index (κ1) is 18.1. The molecule has 0 aromatic heterocycles. The first-order valence-electron chi connectivity index (χ1n) is 8.91. The fraction of sp³-hybridized carbons (Fsp3) is 0.333. The number of aryl methyl sites for hydroxylation is 1. The Labute approximate surface area is 153 Å². The van der Waals surface area contributed by atoms with Crippen molar-refractivity contribution in [2.24, 2.45) is 0 Å². The summed E-state index contributed by atoms with van der Waals surface area (Å²) in [6.07, 6.45) is 1.76. The van der Waals surface area contributed by atoms with Crippen LogP contribution in [0.1, 0.15) is 34.3 Å². The zero-order valence-corrected chi connectivity index (χ0v) is 14.9. The number of halogens is 1. The Morgan fingerprint density at radius 3 is 2.46 bits per heavy atom. The highest BCUT2D eigenvalue weighted by atomic mass is 19.1. The summed E-state index contributed by atoms with van der Waals surface area (Å²) in [4.78, 5) is 26.5. The molecule has 5 heteroatoms. The molecule has 2 aromatic carbocycles. The summed E-state index contributed by atoms with van der Waals surface area (Å²) in [5.74, 6) is -0.323. The Morgan fingerprint density at radius 1 is 1.12 bits per heavy atom. The maximum Gasteiger partial charge on any atom is 0.251 e. The van der Waals surface area contributed by atoms with Gasteiger partial charge in [-0.1, -0.05) is 29.8 Å². The van der Waals surface area contributed by atoms with Crippen molar-refractivity contribution in [1.29, 1.82) is 0 Å². The number of nitrogens with one attached hydrogen (secondary N) is 1. The molecule has 0 aliphatic carbocycles. The highest BCUT2D eigenvalue weighted by Gasteiger charge is 2.24. The molecule has 0 radical (unpaired) electrons. The number of piperidine rings is 1. The number of hydrogen-bond donors (Lipinski definition) is 1. The molecule has 0 atom stereocenters. The first-order chi connectivity index (χ1) is 12.5. The van der Waals surface area contributed by atoms with E-state index in [1.807, 2.05) is 36.1 Å². The SMILES string of the molecule is Cc1cccc(C(=O)NC2CCN(C(=O)Cc3ccc(F)cc3)CC2)c1. The van der Waals surface area contributed by atoms with Crippen LogP contribution in [-0.2, 0) is 11.2 Å². The largest absolute Gasteiger partial charge is 0.349 e. The summed E-state index contributed by atoms with van der Waals surface area (Å²) in [5.41, 5.74) is 2.53. The fourth-order valence-corrected chi connectivity index (χ4v) is 3.22. The second-order valence-electron chi connectivity index (χ2n) is 6.80. The molecular formula is C21H23FN2O2. The Balaban J connectivity index is 1.48. The molecule has 1 N–H and O–H groups in total. The molecule has 3 rings (SSSR count). The van der Waals surface area contributed by atoms with Crippen LogP contribution in [0.3, 0.4) is 0 Å². The van der Waals surface area contributed by atoms with Crippen LogP contribution in [0.4, 0.5) is 4.39 Å². The molecule has 0 unspecified atom stereocenters. The molecule has 1 aliphatic rings. The second-order valence-corrected chi connectivity index (χ2v) is 6.80. The summed E-state index contributed by atoms with van der Waals surface area (Å²) < 4.78 is 12.9. The zero-order valence-electron chi connectivity index (χ0n) is 14.9. The number of likely N-dealkylation sites (tertiary alicyclic amines) is 1. The predicted octanol–water partition coefficient (Wildman–Crippen LogP) is 3.10. The summed E-state index contributed by atoms with van der Waals surface area (Å²) >= 11 is 0. The van der Waals surface area contributed by atoms with Gasteiger partial charge in [0.1, 0.15) is 5.82 Å².